The van der Waals surface area contributed by atoms with Gasteiger partial charge in [0.05, 0.1) is 12.2 Å². The number of benzene rings is 2. The Morgan fingerprint density at radius 3 is 2.23 bits per heavy atom. The van der Waals surface area contributed by atoms with Crippen LogP contribution < -0.4 is 10.1 Å². The Morgan fingerprint density at radius 2 is 1.63 bits per heavy atom. The fraction of sp³-hybridized carbons (Fsp3) is 0.333. The number of amides is 2. The van der Waals surface area contributed by atoms with E-state index in [-0.39, 0.29) is 11.8 Å². The largest absolute Gasteiger partial charge is 0.494 e. The molecule has 30 heavy (non-hydrogen) atoms. The summed E-state index contributed by atoms with van der Waals surface area (Å²) in [4.78, 5) is 27.6. The molecule has 1 aliphatic heterocycles. The standard InChI is InChI=1S/C24H28N2O4/c1-5-30-20-9-7-18(8-10-20)21-22(25-19-14-16(2)13-17(3)15-19)24(28)26(23(21)27)11-6-12-29-4/h7-10,13-15,25H,5-6,11-12H2,1-4H3. The first-order chi connectivity index (χ1) is 14.4. The number of aryl methyl sites for hydroxylation is 2. The summed E-state index contributed by atoms with van der Waals surface area (Å²) in [7, 11) is 1.60. The highest BCUT2D eigenvalue weighted by atomic mass is 16.5. The lowest BCUT2D eigenvalue weighted by molar-refractivity contribution is -0.136. The van der Waals surface area contributed by atoms with Crippen LogP contribution in [-0.4, -0.2) is 43.6 Å². The number of nitrogens with one attached hydrogen (secondary N) is 1. The van der Waals surface area contributed by atoms with Gasteiger partial charge in [0.15, 0.2) is 0 Å². The molecule has 0 atom stereocenters. The minimum atomic E-state index is -0.320. The maximum Gasteiger partial charge on any atom is 0.278 e. The summed E-state index contributed by atoms with van der Waals surface area (Å²) in [5, 5.41) is 3.22. The number of rotatable bonds is 9. The number of hydrogen-bond donors (Lipinski definition) is 1. The van der Waals surface area contributed by atoms with Gasteiger partial charge in [0.2, 0.25) is 0 Å². The quantitative estimate of drug-likeness (QED) is 0.503. The average molecular weight is 408 g/mol. The molecule has 0 bridgehead atoms. The van der Waals surface area contributed by atoms with E-state index in [9.17, 15) is 9.59 Å². The van der Waals surface area contributed by atoms with Gasteiger partial charge in [-0.2, -0.15) is 0 Å². The van der Waals surface area contributed by atoms with Gasteiger partial charge in [0.25, 0.3) is 11.8 Å². The molecule has 158 valence electrons. The highest BCUT2D eigenvalue weighted by Gasteiger charge is 2.38. The minimum Gasteiger partial charge on any atom is -0.494 e. The highest BCUT2D eigenvalue weighted by molar-refractivity contribution is 6.36. The van der Waals surface area contributed by atoms with E-state index >= 15 is 0 Å². The maximum atomic E-state index is 13.2. The lowest BCUT2D eigenvalue weighted by Gasteiger charge is -2.15. The molecule has 1 heterocycles. The number of methoxy groups -OCH3 is 1. The van der Waals surface area contributed by atoms with Gasteiger partial charge < -0.3 is 14.8 Å². The topological polar surface area (TPSA) is 67.9 Å². The highest BCUT2D eigenvalue weighted by Crippen LogP contribution is 2.32. The van der Waals surface area contributed by atoms with Crippen molar-refractivity contribution in [1.29, 1.82) is 0 Å². The zero-order chi connectivity index (χ0) is 21.7. The molecule has 0 aromatic heterocycles. The van der Waals surface area contributed by atoms with Crippen LogP contribution in [0.15, 0.2) is 48.2 Å². The van der Waals surface area contributed by atoms with Gasteiger partial charge in [-0.1, -0.05) is 18.2 Å². The molecule has 0 spiro atoms. The second kappa shape index (κ2) is 9.59. The van der Waals surface area contributed by atoms with Gasteiger partial charge in [0, 0.05) is 25.9 Å². The summed E-state index contributed by atoms with van der Waals surface area (Å²) >= 11 is 0. The molecular formula is C24H28N2O4. The Bertz CT molecular complexity index is 943. The lowest BCUT2D eigenvalue weighted by Crippen LogP contribution is -2.33. The van der Waals surface area contributed by atoms with Crippen LogP contribution in [0.1, 0.15) is 30.0 Å². The molecule has 2 aromatic rings. The molecular weight excluding hydrogens is 380 g/mol. The monoisotopic (exact) mass is 408 g/mol. The first-order valence-electron chi connectivity index (χ1n) is 10.1. The zero-order valence-electron chi connectivity index (χ0n) is 18.0. The van der Waals surface area contributed by atoms with Crippen molar-refractivity contribution in [2.45, 2.75) is 27.2 Å². The first-order valence-corrected chi connectivity index (χ1v) is 10.1. The normalized spacial score (nSPS) is 13.9. The van der Waals surface area contributed by atoms with E-state index < -0.39 is 0 Å². The number of carbonyl (C=O) groups is 2. The van der Waals surface area contributed by atoms with E-state index in [2.05, 4.69) is 11.4 Å². The van der Waals surface area contributed by atoms with Crippen LogP contribution in [0.3, 0.4) is 0 Å². The summed E-state index contributed by atoms with van der Waals surface area (Å²) in [5.41, 5.74) is 4.29. The minimum absolute atomic E-state index is 0.298. The first kappa shape index (κ1) is 21.6. The van der Waals surface area contributed by atoms with E-state index in [0.717, 1.165) is 22.6 Å². The van der Waals surface area contributed by atoms with Crippen molar-refractivity contribution in [2.24, 2.45) is 0 Å². The Labute approximate surface area is 177 Å². The maximum absolute atomic E-state index is 13.2. The van der Waals surface area contributed by atoms with Crippen molar-refractivity contribution in [3.8, 4) is 5.75 Å². The van der Waals surface area contributed by atoms with Gasteiger partial charge in [-0.3, -0.25) is 14.5 Å². The number of anilines is 1. The zero-order valence-corrected chi connectivity index (χ0v) is 18.0. The van der Waals surface area contributed by atoms with Crippen molar-refractivity contribution in [3.05, 3.63) is 64.9 Å². The van der Waals surface area contributed by atoms with Crippen LogP contribution in [0.25, 0.3) is 5.57 Å². The van der Waals surface area contributed by atoms with E-state index in [1.165, 1.54) is 4.90 Å². The number of nitrogens with zero attached hydrogens (tertiary/aromatic N) is 1. The van der Waals surface area contributed by atoms with E-state index in [4.69, 9.17) is 9.47 Å². The van der Waals surface area contributed by atoms with E-state index in [0.29, 0.717) is 43.0 Å². The van der Waals surface area contributed by atoms with Crippen LogP contribution in [0.5, 0.6) is 5.75 Å². The van der Waals surface area contributed by atoms with Crippen LogP contribution >= 0.6 is 0 Å². The summed E-state index contributed by atoms with van der Waals surface area (Å²) in [5.74, 6) is 0.102. The molecule has 0 unspecified atom stereocenters. The molecule has 2 aromatic carbocycles. The van der Waals surface area contributed by atoms with Crippen LogP contribution in [0.2, 0.25) is 0 Å². The SMILES string of the molecule is CCOc1ccc(C2=C(Nc3cc(C)cc(C)c3)C(=O)N(CCCOC)C2=O)cc1. The predicted octanol–water partition coefficient (Wildman–Crippen LogP) is 3.93. The number of imide groups is 1. The van der Waals surface area contributed by atoms with Gasteiger partial charge in [-0.05, 0) is 68.1 Å². The van der Waals surface area contributed by atoms with Crippen LogP contribution in [-0.2, 0) is 14.3 Å². The molecule has 3 rings (SSSR count). The Balaban J connectivity index is 1.99. The average Bonchev–Trinajstić information content (AvgIpc) is 2.92. The summed E-state index contributed by atoms with van der Waals surface area (Å²) in [6.45, 7) is 7.27. The fourth-order valence-corrected chi connectivity index (χ4v) is 3.61. The molecule has 0 aliphatic carbocycles. The second-order valence-corrected chi connectivity index (χ2v) is 7.32. The van der Waals surface area contributed by atoms with Crippen molar-refractivity contribution in [3.63, 3.8) is 0 Å². The molecule has 0 radical (unpaired) electrons. The number of carbonyl (C=O) groups excluding carboxylic acids is 2. The number of hydrogen-bond acceptors (Lipinski definition) is 5. The molecule has 6 heteroatoms. The molecule has 1 aliphatic rings. The van der Waals surface area contributed by atoms with E-state index in [1.807, 2.05) is 57.2 Å². The number of ether oxygens (including phenoxy) is 2. The molecule has 2 amide bonds. The Kier molecular flexibility index (Phi) is 6.90. The third-order valence-corrected chi connectivity index (χ3v) is 4.84. The summed E-state index contributed by atoms with van der Waals surface area (Å²) < 4.78 is 10.6. The predicted molar refractivity (Wildman–Crippen MR) is 117 cm³/mol. The molecule has 0 saturated heterocycles. The van der Waals surface area contributed by atoms with Gasteiger partial charge in [-0.25, -0.2) is 0 Å². The third-order valence-electron chi connectivity index (χ3n) is 4.84. The summed E-state index contributed by atoms with van der Waals surface area (Å²) in [6.07, 6.45) is 0.585. The molecule has 0 saturated carbocycles. The lowest BCUT2D eigenvalue weighted by atomic mass is 10.0. The molecule has 1 N–H and O–H groups in total. The van der Waals surface area contributed by atoms with Crippen molar-refractivity contribution in [1.82, 2.24) is 4.90 Å². The van der Waals surface area contributed by atoms with Crippen molar-refractivity contribution < 1.29 is 19.1 Å². The van der Waals surface area contributed by atoms with Gasteiger partial charge >= 0.3 is 0 Å². The smallest absolute Gasteiger partial charge is 0.278 e. The second-order valence-electron chi connectivity index (χ2n) is 7.32. The summed E-state index contributed by atoms with van der Waals surface area (Å²) in [6, 6.07) is 13.2. The van der Waals surface area contributed by atoms with Crippen molar-refractivity contribution >= 4 is 23.1 Å². The molecule has 6 nitrogen and oxygen atoms in total. The third kappa shape index (κ3) is 4.71. The van der Waals surface area contributed by atoms with Crippen LogP contribution in [0, 0.1) is 13.8 Å². The van der Waals surface area contributed by atoms with E-state index in [1.54, 1.807) is 7.11 Å². The Hall–Kier alpha value is -3.12. The van der Waals surface area contributed by atoms with Crippen molar-refractivity contribution in [2.75, 3.05) is 32.2 Å². The molecule has 0 fully saturated rings. The van der Waals surface area contributed by atoms with Gasteiger partial charge in [-0.15, -0.1) is 0 Å². The van der Waals surface area contributed by atoms with Gasteiger partial charge in [0.1, 0.15) is 11.4 Å². The fourth-order valence-electron chi connectivity index (χ4n) is 3.61. The Morgan fingerprint density at radius 1 is 0.967 bits per heavy atom. The van der Waals surface area contributed by atoms with Crippen LogP contribution in [0.4, 0.5) is 5.69 Å².